The molecular formula is C28H37BrO7. The number of halogens is 1. The Balaban J connectivity index is 1.80. The van der Waals surface area contributed by atoms with Crippen LogP contribution in [0, 0.1) is 28.6 Å². The van der Waals surface area contributed by atoms with E-state index in [0.29, 0.717) is 12.8 Å². The molecule has 0 aromatic carbocycles. The van der Waals surface area contributed by atoms with Crippen molar-refractivity contribution < 1.29 is 33.8 Å². The summed E-state index contributed by atoms with van der Waals surface area (Å²) in [5.41, 5.74) is -1.94. The first-order valence-electron chi connectivity index (χ1n) is 13.0. The quantitative estimate of drug-likeness (QED) is 0.379. The van der Waals surface area contributed by atoms with E-state index in [1.165, 1.54) is 0 Å². The first kappa shape index (κ1) is 27.2. The zero-order valence-electron chi connectivity index (χ0n) is 21.8. The third kappa shape index (κ3) is 3.53. The molecular weight excluding hydrogens is 528 g/mol. The van der Waals surface area contributed by atoms with Crippen LogP contribution in [0.15, 0.2) is 23.8 Å². The van der Waals surface area contributed by atoms with E-state index in [0.717, 1.165) is 12.0 Å². The third-order valence-electron chi connectivity index (χ3n) is 9.81. The number of carbonyl (C=O) groups is 4. The highest BCUT2D eigenvalue weighted by molar-refractivity contribution is 9.10. The van der Waals surface area contributed by atoms with E-state index in [4.69, 9.17) is 9.47 Å². The highest BCUT2D eigenvalue weighted by Crippen LogP contribution is 2.72. The Hall–Kier alpha value is -1.80. The van der Waals surface area contributed by atoms with Gasteiger partial charge in [0.25, 0.3) is 0 Å². The summed E-state index contributed by atoms with van der Waals surface area (Å²) in [5.74, 6) is -1.86. The molecule has 36 heavy (non-hydrogen) atoms. The largest absolute Gasteiger partial charge is 0.457 e. The van der Waals surface area contributed by atoms with Gasteiger partial charge in [0, 0.05) is 29.6 Å². The van der Waals surface area contributed by atoms with Crippen LogP contribution in [0.3, 0.4) is 0 Å². The minimum absolute atomic E-state index is 0.0399. The number of carbonyl (C=O) groups excluding carboxylic acids is 4. The predicted octanol–water partition coefficient (Wildman–Crippen LogP) is 4.24. The molecule has 4 aliphatic carbocycles. The molecule has 4 rings (SSSR count). The second-order valence-electron chi connectivity index (χ2n) is 11.4. The molecule has 0 aromatic heterocycles. The second kappa shape index (κ2) is 9.19. The lowest BCUT2D eigenvalue weighted by atomic mass is 9.46. The van der Waals surface area contributed by atoms with Crippen LogP contribution < -0.4 is 0 Å². The van der Waals surface area contributed by atoms with Crippen LogP contribution in [-0.2, 0) is 28.7 Å². The number of fused-ring (bicyclic) bond motifs is 5. The van der Waals surface area contributed by atoms with E-state index in [1.54, 1.807) is 26.0 Å². The van der Waals surface area contributed by atoms with E-state index < -0.39 is 51.2 Å². The molecule has 3 fully saturated rings. The van der Waals surface area contributed by atoms with Crippen LogP contribution >= 0.6 is 15.9 Å². The lowest BCUT2D eigenvalue weighted by molar-refractivity contribution is -0.202. The average molecular weight is 566 g/mol. The minimum atomic E-state index is -1.51. The van der Waals surface area contributed by atoms with Gasteiger partial charge in [-0.05, 0) is 49.7 Å². The van der Waals surface area contributed by atoms with Crippen molar-refractivity contribution in [1.82, 2.24) is 0 Å². The van der Waals surface area contributed by atoms with Crippen molar-refractivity contribution >= 4 is 39.4 Å². The summed E-state index contributed by atoms with van der Waals surface area (Å²) in [7, 11) is 0. The van der Waals surface area contributed by atoms with Crippen molar-refractivity contribution in [3.8, 4) is 0 Å². The fourth-order valence-electron chi connectivity index (χ4n) is 8.01. The van der Waals surface area contributed by atoms with E-state index in [1.807, 2.05) is 19.9 Å². The standard InChI is InChI=1S/C28H37BrO7/c1-6-23(33)35-15-22(32)28(36-24(34)7-2)16(3)12-20-19-9-8-17-13-18(30)10-11-25(17,4)27(19,29)21(31)14-26(20,28)5/h10-11,13,16,19-21,31H,6-9,12,14-15H2,1-5H3/t16-,19-,20-,21-,25-,26-,27-,28?/m0/s1. The molecule has 8 heteroatoms. The fourth-order valence-corrected chi connectivity index (χ4v) is 9.10. The van der Waals surface area contributed by atoms with E-state index in [9.17, 15) is 24.3 Å². The number of allylic oxidation sites excluding steroid dienone is 4. The number of ether oxygens (including phenoxy) is 2. The van der Waals surface area contributed by atoms with Crippen molar-refractivity contribution in [2.24, 2.45) is 28.6 Å². The monoisotopic (exact) mass is 564 g/mol. The van der Waals surface area contributed by atoms with Gasteiger partial charge in [-0.25, -0.2) is 0 Å². The highest BCUT2D eigenvalue weighted by atomic mass is 79.9. The van der Waals surface area contributed by atoms with Crippen molar-refractivity contribution in [3.05, 3.63) is 23.8 Å². The van der Waals surface area contributed by atoms with Crippen molar-refractivity contribution in [3.63, 3.8) is 0 Å². The summed E-state index contributed by atoms with van der Waals surface area (Å²) in [6.07, 6.45) is 6.83. The summed E-state index contributed by atoms with van der Waals surface area (Å²) >= 11 is 4.02. The fraction of sp³-hybridized carbons (Fsp3) is 0.714. The number of esters is 2. The highest BCUT2D eigenvalue weighted by Gasteiger charge is 2.76. The lowest BCUT2D eigenvalue weighted by Crippen LogP contribution is -2.69. The molecule has 0 bridgehead atoms. The molecule has 7 nitrogen and oxygen atoms in total. The molecule has 1 N–H and O–H groups in total. The first-order valence-corrected chi connectivity index (χ1v) is 13.8. The number of aliphatic hydroxyl groups is 1. The molecule has 0 amide bonds. The molecule has 0 radical (unpaired) electrons. The number of hydrogen-bond donors (Lipinski definition) is 1. The van der Waals surface area contributed by atoms with Gasteiger partial charge in [-0.3, -0.25) is 19.2 Å². The Bertz CT molecular complexity index is 1050. The van der Waals surface area contributed by atoms with Gasteiger partial charge in [-0.1, -0.05) is 62.2 Å². The summed E-state index contributed by atoms with van der Waals surface area (Å²) in [4.78, 5) is 50.6. The van der Waals surface area contributed by atoms with E-state index in [-0.39, 0.29) is 42.8 Å². The van der Waals surface area contributed by atoms with Crippen LogP contribution in [0.2, 0.25) is 0 Å². The number of aliphatic hydroxyl groups excluding tert-OH is 1. The number of hydrogen-bond acceptors (Lipinski definition) is 7. The molecule has 0 heterocycles. The number of alkyl halides is 1. The lowest BCUT2D eigenvalue weighted by Gasteiger charge is -2.64. The zero-order chi connectivity index (χ0) is 26.7. The van der Waals surface area contributed by atoms with Gasteiger partial charge in [0.15, 0.2) is 18.0 Å². The Morgan fingerprint density at radius 1 is 1.14 bits per heavy atom. The SMILES string of the molecule is CCC(=O)OCC(=O)C1(OC(=O)CC)[C@@H](C)C[C@H]2[C@@H]3CCC4=CC(=O)C=C[C@]4(C)[C@@]3(Br)[C@@H](O)C[C@@]21C. The molecule has 4 aliphatic rings. The maximum Gasteiger partial charge on any atom is 0.306 e. The Labute approximate surface area is 221 Å². The number of ketones is 2. The van der Waals surface area contributed by atoms with Crippen LogP contribution in [-0.4, -0.2) is 51.2 Å². The van der Waals surface area contributed by atoms with Crippen molar-refractivity contribution in [2.45, 2.75) is 89.2 Å². The van der Waals surface area contributed by atoms with Gasteiger partial charge in [-0.2, -0.15) is 0 Å². The van der Waals surface area contributed by atoms with Gasteiger partial charge in [0.05, 0.1) is 10.4 Å². The van der Waals surface area contributed by atoms with Crippen LogP contribution in [0.1, 0.15) is 73.1 Å². The molecule has 1 unspecified atom stereocenters. The van der Waals surface area contributed by atoms with Gasteiger partial charge < -0.3 is 14.6 Å². The van der Waals surface area contributed by atoms with Gasteiger partial charge >= 0.3 is 11.9 Å². The summed E-state index contributed by atoms with van der Waals surface area (Å²) in [6, 6.07) is 0. The van der Waals surface area contributed by atoms with Crippen molar-refractivity contribution in [1.29, 1.82) is 0 Å². The van der Waals surface area contributed by atoms with Crippen LogP contribution in [0.4, 0.5) is 0 Å². The zero-order valence-corrected chi connectivity index (χ0v) is 23.4. The second-order valence-corrected chi connectivity index (χ2v) is 12.7. The predicted molar refractivity (Wildman–Crippen MR) is 136 cm³/mol. The topological polar surface area (TPSA) is 107 Å². The maximum absolute atomic E-state index is 13.9. The van der Waals surface area contributed by atoms with Gasteiger partial charge in [0.1, 0.15) is 0 Å². The Morgan fingerprint density at radius 2 is 1.81 bits per heavy atom. The Kier molecular flexibility index (Phi) is 6.95. The summed E-state index contributed by atoms with van der Waals surface area (Å²) < 4.78 is 10.6. The molecule has 0 aromatic rings. The third-order valence-corrected chi connectivity index (χ3v) is 11.8. The summed E-state index contributed by atoms with van der Waals surface area (Å²) in [6.45, 7) is 8.81. The van der Waals surface area contributed by atoms with Crippen LogP contribution in [0.25, 0.3) is 0 Å². The molecule has 0 saturated heterocycles. The normalized spacial score (nSPS) is 43.1. The van der Waals surface area contributed by atoms with Gasteiger partial charge in [0.2, 0.25) is 5.78 Å². The number of Topliss-reactive ketones (excluding diaryl/α,β-unsaturated/α-hetero) is 1. The molecule has 8 atom stereocenters. The average Bonchev–Trinajstić information content (AvgIpc) is 3.05. The molecule has 0 aliphatic heterocycles. The summed E-state index contributed by atoms with van der Waals surface area (Å²) in [5, 5.41) is 11.9. The molecule has 0 spiro atoms. The molecule has 3 saturated carbocycles. The van der Waals surface area contributed by atoms with E-state index in [2.05, 4.69) is 22.9 Å². The van der Waals surface area contributed by atoms with Crippen molar-refractivity contribution in [2.75, 3.05) is 6.61 Å². The van der Waals surface area contributed by atoms with Crippen LogP contribution in [0.5, 0.6) is 0 Å². The first-order chi connectivity index (χ1) is 16.8. The smallest absolute Gasteiger partial charge is 0.306 e. The van der Waals surface area contributed by atoms with E-state index >= 15 is 0 Å². The minimum Gasteiger partial charge on any atom is -0.457 e. The van der Waals surface area contributed by atoms with Gasteiger partial charge in [-0.15, -0.1) is 0 Å². The molecule has 198 valence electrons. The Morgan fingerprint density at radius 3 is 2.44 bits per heavy atom. The number of rotatable bonds is 6. The maximum atomic E-state index is 13.9.